The van der Waals surface area contributed by atoms with E-state index in [2.05, 4.69) is 4.84 Å². The molecule has 1 heterocycles. The summed E-state index contributed by atoms with van der Waals surface area (Å²) in [6.45, 7) is -1.76. The normalized spacial score (nSPS) is 26.7. The number of hydroxylamine groups is 2. The third-order valence-electron chi connectivity index (χ3n) is 1.77. The van der Waals surface area contributed by atoms with E-state index in [1.807, 2.05) is 0 Å². The van der Waals surface area contributed by atoms with Gasteiger partial charge in [-0.3, -0.25) is 0 Å². The van der Waals surface area contributed by atoms with Gasteiger partial charge in [-0.05, 0) is 0 Å². The van der Waals surface area contributed by atoms with Gasteiger partial charge in [-0.1, -0.05) is 0 Å². The van der Waals surface area contributed by atoms with E-state index in [4.69, 9.17) is 5.73 Å². The maximum absolute atomic E-state index is 12.7. The molecule has 0 aromatic carbocycles. The molecule has 4 nitrogen and oxygen atoms in total. The second-order valence-electron chi connectivity index (χ2n) is 3.07. The molecule has 1 saturated heterocycles. The minimum Gasteiger partial charge on any atom is -0.361 e. The predicted molar refractivity (Wildman–Crippen MR) is 36.6 cm³/mol. The van der Waals surface area contributed by atoms with Gasteiger partial charge in [0, 0.05) is 0 Å². The Kier molecular flexibility index (Phi) is 2.88. The molecule has 0 amide bonds. The highest BCUT2D eigenvalue weighted by atomic mass is 19.4. The molecular weight excluding hydrogens is 227 g/mol. The van der Waals surface area contributed by atoms with Crippen LogP contribution >= 0.6 is 0 Å². The standard InChI is InChI=1S/C6H7F5N2O2/c7-5(8)2-13(1-3(5)12)15-4(14)6(9,10)11/h3H,1-2,12H2. The lowest BCUT2D eigenvalue weighted by molar-refractivity contribution is -0.237. The van der Waals surface area contributed by atoms with E-state index < -0.39 is 37.2 Å². The summed E-state index contributed by atoms with van der Waals surface area (Å²) < 4.78 is 60.4. The summed E-state index contributed by atoms with van der Waals surface area (Å²) in [6.07, 6.45) is -5.21. The first-order valence-electron chi connectivity index (χ1n) is 3.80. The fourth-order valence-electron chi connectivity index (χ4n) is 1.01. The summed E-state index contributed by atoms with van der Waals surface area (Å²) in [5.41, 5.74) is 4.92. The molecule has 0 saturated carbocycles. The van der Waals surface area contributed by atoms with Crippen LogP contribution in [0.3, 0.4) is 0 Å². The van der Waals surface area contributed by atoms with E-state index in [-0.39, 0.29) is 5.06 Å². The summed E-state index contributed by atoms with van der Waals surface area (Å²) in [6, 6.07) is -1.64. The zero-order chi connectivity index (χ0) is 11.9. The molecule has 2 N–H and O–H groups in total. The van der Waals surface area contributed by atoms with Crippen LogP contribution in [0.4, 0.5) is 22.0 Å². The van der Waals surface area contributed by atoms with Crippen molar-refractivity contribution in [3.63, 3.8) is 0 Å². The lowest BCUT2D eigenvalue weighted by atomic mass is 10.2. The molecule has 1 atom stereocenters. The monoisotopic (exact) mass is 234 g/mol. The zero-order valence-corrected chi connectivity index (χ0v) is 7.22. The Balaban J connectivity index is 2.54. The van der Waals surface area contributed by atoms with Crippen molar-refractivity contribution in [3.8, 4) is 0 Å². The van der Waals surface area contributed by atoms with E-state index in [0.717, 1.165) is 0 Å². The highest BCUT2D eigenvalue weighted by Gasteiger charge is 2.50. The van der Waals surface area contributed by atoms with Crippen molar-refractivity contribution < 1.29 is 31.6 Å². The van der Waals surface area contributed by atoms with Crippen LogP contribution in [-0.4, -0.2) is 42.3 Å². The van der Waals surface area contributed by atoms with Crippen LogP contribution < -0.4 is 5.73 Å². The third kappa shape index (κ3) is 2.75. The van der Waals surface area contributed by atoms with Gasteiger partial charge in [-0.2, -0.15) is 13.2 Å². The van der Waals surface area contributed by atoms with Crippen LogP contribution in [0.1, 0.15) is 0 Å². The van der Waals surface area contributed by atoms with Gasteiger partial charge in [-0.25, -0.2) is 13.6 Å². The second kappa shape index (κ2) is 3.56. The fourth-order valence-corrected chi connectivity index (χ4v) is 1.01. The van der Waals surface area contributed by atoms with Crippen molar-refractivity contribution in [2.24, 2.45) is 5.73 Å². The molecule has 88 valence electrons. The van der Waals surface area contributed by atoms with Gasteiger partial charge in [0.1, 0.15) is 6.54 Å². The number of hydrogen-bond donors (Lipinski definition) is 1. The Bertz CT molecular complexity index is 267. The molecule has 0 aromatic rings. The molecule has 0 radical (unpaired) electrons. The molecule has 1 aliphatic rings. The lowest BCUT2D eigenvalue weighted by Gasteiger charge is -2.15. The second-order valence-corrected chi connectivity index (χ2v) is 3.07. The predicted octanol–water partition coefficient (Wildman–Crippen LogP) is 0.285. The molecular formula is C6H7F5N2O2. The highest BCUT2D eigenvalue weighted by molar-refractivity contribution is 5.75. The van der Waals surface area contributed by atoms with Gasteiger partial charge >= 0.3 is 12.1 Å². The van der Waals surface area contributed by atoms with Crippen LogP contribution in [0, 0.1) is 0 Å². The van der Waals surface area contributed by atoms with Crippen molar-refractivity contribution in [1.82, 2.24) is 5.06 Å². The number of nitrogens with zero attached hydrogens (tertiary/aromatic N) is 1. The number of nitrogens with two attached hydrogens (primary N) is 1. The van der Waals surface area contributed by atoms with E-state index in [1.54, 1.807) is 0 Å². The van der Waals surface area contributed by atoms with Crippen LogP contribution in [-0.2, 0) is 9.63 Å². The summed E-state index contributed by atoms with van der Waals surface area (Å²) in [4.78, 5) is 14.0. The molecule has 1 aliphatic heterocycles. The van der Waals surface area contributed by atoms with Gasteiger partial charge in [0.15, 0.2) is 0 Å². The molecule has 0 bridgehead atoms. The van der Waals surface area contributed by atoms with Gasteiger partial charge in [-0.15, -0.1) is 5.06 Å². The van der Waals surface area contributed by atoms with Gasteiger partial charge in [0.2, 0.25) is 0 Å². The quantitative estimate of drug-likeness (QED) is 0.662. The number of carbonyl (C=O) groups is 1. The average molecular weight is 234 g/mol. The van der Waals surface area contributed by atoms with E-state index in [9.17, 15) is 26.7 Å². The summed E-state index contributed by atoms with van der Waals surface area (Å²) in [5, 5.41) is 0.209. The average Bonchev–Trinajstić information content (AvgIpc) is 2.23. The summed E-state index contributed by atoms with van der Waals surface area (Å²) in [5.74, 6) is -5.89. The minimum atomic E-state index is -5.21. The molecule has 1 rings (SSSR count). The number of alkyl halides is 5. The van der Waals surface area contributed by atoms with Gasteiger partial charge < -0.3 is 10.6 Å². The number of carbonyl (C=O) groups excluding carboxylic acids is 1. The third-order valence-corrected chi connectivity index (χ3v) is 1.77. The Morgan fingerprint density at radius 2 is 2.00 bits per heavy atom. The summed E-state index contributed by atoms with van der Waals surface area (Å²) in [7, 11) is 0. The first kappa shape index (κ1) is 12.1. The van der Waals surface area contributed by atoms with E-state index in [1.165, 1.54) is 0 Å². The van der Waals surface area contributed by atoms with E-state index >= 15 is 0 Å². The Labute approximate surface area is 80.7 Å². The van der Waals surface area contributed by atoms with Crippen molar-refractivity contribution in [3.05, 3.63) is 0 Å². The maximum atomic E-state index is 12.7. The van der Waals surface area contributed by atoms with Crippen molar-refractivity contribution in [1.29, 1.82) is 0 Å². The molecule has 0 aliphatic carbocycles. The topological polar surface area (TPSA) is 55.6 Å². The number of halogens is 5. The Morgan fingerprint density at radius 3 is 2.33 bits per heavy atom. The summed E-state index contributed by atoms with van der Waals surface area (Å²) >= 11 is 0. The highest BCUT2D eigenvalue weighted by Crippen LogP contribution is 2.27. The number of hydrogen-bond acceptors (Lipinski definition) is 4. The fraction of sp³-hybridized carbons (Fsp3) is 0.833. The largest absolute Gasteiger partial charge is 0.492 e. The SMILES string of the molecule is NC1CN(OC(=O)C(F)(F)F)CC1(F)F. The van der Waals surface area contributed by atoms with Crippen molar-refractivity contribution in [2.45, 2.75) is 18.1 Å². The van der Waals surface area contributed by atoms with Gasteiger partial charge in [0.05, 0.1) is 12.6 Å². The van der Waals surface area contributed by atoms with Crippen molar-refractivity contribution in [2.75, 3.05) is 13.1 Å². The van der Waals surface area contributed by atoms with Crippen LogP contribution in [0.5, 0.6) is 0 Å². The molecule has 1 fully saturated rings. The molecule has 1 unspecified atom stereocenters. The molecule has 0 spiro atoms. The van der Waals surface area contributed by atoms with E-state index in [0.29, 0.717) is 0 Å². The number of rotatable bonds is 1. The van der Waals surface area contributed by atoms with Gasteiger partial charge in [0.25, 0.3) is 5.92 Å². The zero-order valence-electron chi connectivity index (χ0n) is 7.22. The van der Waals surface area contributed by atoms with Crippen LogP contribution in [0.15, 0.2) is 0 Å². The first-order chi connectivity index (χ1) is 6.63. The molecule has 15 heavy (non-hydrogen) atoms. The maximum Gasteiger partial charge on any atom is 0.492 e. The van der Waals surface area contributed by atoms with Crippen LogP contribution in [0.2, 0.25) is 0 Å². The van der Waals surface area contributed by atoms with Crippen molar-refractivity contribution >= 4 is 5.97 Å². The smallest absolute Gasteiger partial charge is 0.361 e. The van der Waals surface area contributed by atoms with Crippen LogP contribution in [0.25, 0.3) is 0 Å². The molecule has 9 heteroatoms. The Hall–Kier alpha value is -0.960. The lowest BCUT2D eigenvalue weighted by Crippen LogP contribution is -2.38. The molecule has 0 aromatic heterocycles. The first-order valence-corrected chi connectivity index (χ1v) is 3.80. The minimum absolute atomic E-state index is 0.209. The Morgan fingerprint density at radius 1 is 1.47 bits per heavy atom.